The van der Waals surface area contributed by atoms with Crippen LogP contribution in [0.25, 0.3) is 0 Å². The maximum Gasteiger partial charge on any atom is 0.0342 e. The largest absolute Gasteiger partial charge is 0.401 e. The van der Waals surface area contributed by atoms with Crippen LogP contribution < -0.4 is 16.9 Å². The van der Waals surface area contributed by atoms with Gasteiger partial charge in [-0.15, -0.1) is 15.8 Å². The highest BCUT2D eigenvalue weighted by Gasteiger charge is 1.98. The first-order valence-electron chi connectivity index (χ1n) is 7.69. The minimum atomic E-state index is 0.818. The van der Waals surface area contributed by atoms with Crippen molar-refractivity contribution in [1.82, 2.24) is 10.3 Å². The third kappa shape index (κ3) is 13.7. The zero-order valence-corrected chi connectivity index (χ0v) is 14.7. The zero-order valence-electron chi connectivity index (χ0n) is 13.5. The highest BCUT2D eigenvalue weighted by Crippen LogP contribution is 2.08. The first-order valence-corrected chi connectivity index (χ1v) is 8.51. The number of nitrogens with one attached hydrogen (secondary N) is 1. The average Bonchev–Trinajstić information content (AvgIpc) is 2.40. The molecular weight excluding hydrogens is 279 g/mol. The van der Waals surface area contributed by atoms with Crippen molar-refractivity contribution in [3.8, 4) is 0 Å². The molecule has 4 nitrogen and oxygen atoms in total. The molecule has 0 radical (unpaired) electrons. The lowest BCUT2D eigenvalue weighted by atomic mass is 10.1. The van der Waals surface area contributed by atoms with Gasteiger partial charge in [-0.05, 0) is 51.6 Å². The van der Waals surface area contributed by atoms with Gasteiger partial charge in [-0.2, -0.15) is 0 Å². The van der Waals surface area contributed by atoms with Crippen molar-refractivity contribution in [2.45, 2.75) is 45.4 Å². The summed E-state index contributed by atoms with van der Waals surface area (Å²) < 4.78 is 0. The number of allylic oxidation sites excluding steroid dienone is 3. The van der Waals surface area contributed by atoms with E-state index >= 15 is 0 Å². The van der Waals surface area contributed by atoms with E-state index in [2.05, 4.69) is 27.7 Å². The van der Waals surface area contributed by atoms with Gasteiger partial charge >= 0.3 is 0 Å². The Hall–Kier alpha value is -0.990. The van der Waals surface area contributed by atoms with E-state index in [1.165, 1.54) is 5.57 Å². The van der Waals surface area contributed by atoms with E-state index < -0.39 is 0 Å². The van der Waals surface area contributed by atoms with Crippen LogP contribution in [0.4, 0.5) is 0 Å². The van der Waals surface area contributed by atoms with Crippen molar-refractivity contribution in [3.05, 3.63) is 36.3 Å². The highest BCUT2D eigenvalue weighted by molar-refractivity contribution is 7.16. The molecule has 21 heavy (non-hydrogen) atoms. The second-order valence-corrected chi connectivity index (χ2v) is 6.11. The van der Waals surface area contributed by atoms with Crippen LogP contribution in [0.3, 0.4) is 0 Å². The molecule has 0 saturated carbocycles. The Bertz CT molecular complexity index is 339. The van der Waals surface area contributed by atoms with Crippen molar-refractivity contribution in [2.75, 3.05) is 19.3 Å². The number of nitrogens with zero attached hydrogens (tertiary/aromatic N) is 1. The van der Waals surface area contributed by atoms with Gasteiger partial charge in [0.15, 0.2) is 0 Å². The fraction of sp³-hybridized carbons (Fsp3) is 0.625. The van der Waals surface area contributed by atoms with Gasteiger partial charge in [0, 0.05) is 30.7 Å². The molecule has 1 atom stereocenters. The van der Waals surface area contributed by atoms with Crippen LogP contribution >= 0.6 is 9.24 Å². The first kappa shape index (κ1) is 20.0. The summed E-state index contributed by atoms with van der Waals surface area (Å²) in [4.78, 5) is 0. The van der Waals surface area contributed by atoms with Gasteiger partial charge in [-0.3, -0.25) is 0 Å². The minimum absolute atomic E-state index is 0.818. The predicted octanol–water partition coefficient (Wildman–Crippen LogP) is 2.86. The molecule has 0 saturated heterocycles. The van der Waals surface area contributed by atoms with Gasteiger partial charge in [-0.25, -0.2) is 5.84 Å². The maximum absolute atomic E-state index is 5.95. The van der Waals surface area contributed by atoms with Crippen LogP contribution in [-0.4, -0.2) is 24.3 Å². The number of hydrogen-bond donors (Lipinski definition) is 3. The molecule has 0 bridgehead atoms. The molecule has 0 rings (SSSR count). The minimum Gasteiger partial charge on any atom is -0.401 e. The lowest BCUT2D eigenvalue weighted by Gasteiger charge is -2.15. The predicted molar refractivity (Wildman–Crippen MR) is 97.4 cm³/mol. The molecule has 5 N–H and O–H groups in total. The summed E-state index contributed by atoms with van der Waals surface area (Å²) >= 11 is 0. The quantitative estimate of drug-likeness (QED) is 0.161. The molecule has 0 heterocycles. The van der Waals surface area contributed by atoms with E-state index in [1.54, 1.807) is 5.01 Å². The fourth-order valence-electron chi connectivity index (χ4n) is 1.91. The average molecular weight is 312 g/mol. The maximum atomic E-state index is 5.95. The van der Waals surface area contributed by atoms with Crippen LogP contribution in [0.1, 0.15) is 45.4 Å². The Morgan fingerprint density at radius 2 is 1.90 bits per heavy atom. The summed E-state index contributed by atoms with van der Waals surface area (Å²) in [6, 6.07) is 0. The van der Waals surface area contributed by atoms with Crippen LogP contribution in [-0.2, 0) is 0 Å². The molecule has 0 fully saturated rings. The van der Waals surface area contributed by atoms with Gasteiger partial charge in [0.05, 0.1) is 0 Å². The van der Waals surface area contributed by atoms with E-state index in [9.17, 15) is 0 Å². The molecular formula is C16H33N4P. The normalized spacial score (nSPS) is 11.3. The van der Waals surface area contributed by atoms with Crippen molar-refractivity contribution in [1.29, 1.82) is 0 Å². The molecule has 0 aromatic heterocycles. The first-order chi connectivity index (χ1) is 9.95. The van der Waals surface area contributed by atoms with Crippen LogP contribution in [0.2, 0.25) is 0 Å². The van der Waals surface area contributed by atoms with Gasteiger partial charge in [-0.1, -0.05) is 12.2 Å². The van der Waals surface area contributed by atoms with Crippen molar-refractivity contribution in [3.63, 3.8) is 0 Å². The van der Waals surface area contributed by atoms with Gasteiger partial charge in [0.25, 0.3) is 0 Å². The Balaban J connectivity index is 3.70. The fourth-order valence-corrected chi connectivity index (χ4v) is 2.05. The van der Waals surface area contributed by atoms with Crippen molar-refractivity contribution >= 4 is 9.24 Å². The summed E-state index contributed by atoms with van der Waals surface area (Å²) in [5.74, 6) is 5.92. The highest BCUT2D eigenvalue weighted by atomic mass is 31.0. The monoisotopic (exact) mass is 312 g/mol. The topological polar surface area (TPSA) is 67.3 Å². The van der Waals surface area contributed by atoms with Crippen molar-refractivity contribution in [2.24, 2.45) is 11.6 Å². The number of hydrogen-bond acceptors (Lipinski definition) is 4. The lowest BCUT2D eigenvalue weighted by Crippen LogP contribution is -2.27. The summed E-state index contributed by atoms with van der Waals surface area (Å²) in [5, 5.41) is 4.98. The second kappa shape index (κ2) is 12.7. The summed E-state index contributed by atoms with van der Waals surface area (Å²) in [5.41, 5.74) is 9.09. The standard InChI is InChI=1S/C16H33N4P/c1-14(2)7-6-9-16(17)13-20(18)11-5-4-8-15(3)19-10-12-21/h13,19H,1,3-12,17-18,21H2,2H3/b16-13-. The third-order valence-electron chi connectivity index (χ3n) is 3.06. The van der Waals surface area contributed by atoms with E-state index in [1.807, 2.05) is 13.1 Å². The SMILES string of the molecule is C=C(C)CCC/C(N)=C/N(N)CCCCC(=C)NCCP. The lowest BCUT2D eigenvalue weighted by molar-refractivity contribution is 0.375. The van der Waals surface area contributed by atoms with Gasteiger partial charge < -0.3 is 16.1 Å². The molecule has 0 aliphatic heterocycles. The third-order valence-corrected chi connectivity index (χ3v) is 3.35. The summed E-state index contributed by atoms with van der Waals surface area (Å²) in [6.07, 6.45) is 8.93. The Morgan fingerprint density at radius 1 is 1.19 bits per heavy atom. The van der Waals surface area contributed by atoms with E-state index in [-0.39, 0.29) is 0 Å². The molecule has 0 amide bonds. The summed E-state index contributed by atoms with van der Waals surface area (Å²) in [7, 11) is 2.70. The Labute approximate surface area is 132 Å². The molecule has 122 valence electrons. The smallest absolute Gasteiger partial charge is 0.0342 e. The molecule has 0 spiro atoms. The van der Waals surface area contributed by atoms with Crippen LogP contribution in [0.5, 0.6) is 0 Å². The van der Waals surface area contributed by atoms with Crippen molar-refractivity contribution < 1.29 is 0 Å². The van der Waals surface area contributed by atoms with Crippen LogP contribution in [0, 0.1) is 0 Å². The summed E-state index contributed by atoms with van der Waals surface area (Å²) in [6.45, 7) is 11.7. The number of unbranched alkanes of at least 4 members (excludes halogenated alkanes) is 1. The molecule has 0 aliphatic rings. The molecule has 0 aliphatic carbocycles. The van der Waals surface area contributed by atoms with E-state index in [0.29, 0.717) is 0 Å². The van der Waals surface area contributed by atoms with E-state index in [0.717, 1.165) is 69.2 Å². The Kier molecular flexibility index (Phi) is 12.1. The number of nitrogens with two attached hydrogens (primary N) is 2. The molecule has 0 aromatic rings. The molecule has 0 aromatic carbocycles. The van der Waals surface area contributed by atoms with E-state index in [4.69, 9.17) is 11.6 Å². The second-order valence-electron chi connectivity index (χ2n) is 5.53. The van der Waals surface area contributed by atoms with Gasteiger partial charge in [0.1, 0.15) is 0 Å². The number of rotatable bonds is 13. The van der Waals surface area contributed by atoms with Crippen LogP contribution in [0.15, 0.2) is 36.3 Å². The number of hydrazine groups is 1. The van der Waals surface area contributed by atoms with Gasteiger partial charge in [0.2, 0.25) is 0 Å². The Morgan fingerprint density at radius 3 is 2.52 bits per heavy atom. The zero-order chi connectivity index (χ0) is 16.1. The molecule has 1 unspecified atom stereocenters. The molecule has 5 heteroatoms.